The molecule has 3 aromatic rings. The highest BCUT2D eigenvalue weighted by Crippen LogP contribution is 2.28. The van der Waals surface area contributed by atoms with Gasteiger partial charge in [0.15, 0.2) is 4.96 Å². The zero-order chi connectivity index (χ0) is 16.0. The van der Waals surface area contributed by atoms with Gasteiger partial charge in [-0.05, 0) is 43.5 Å². The molecule has 0 unspecified atom stereocenters. The quantitative estimate of drug-likeness (QED) is 0.725. The third-order valence-electron chi connectivity index (χ3n) is 4.24. The molecule has 0 saturated carbocycles. The molecule has 6 heteroatoms. The van der Waals surface area contributed by atoms with Gasteiger partial charge in [-0.2, -0.15) is 0 Å². The third-order valence-corrected chi connectivity index (χ3v) is 5.18. The first kappa shape index (κ1) is 14.4. The number of halogens is 1. The topological polar surface area (TPSA) is 37.6 Å². The number of aromatic nitrogens is 2. The fraction of sp³-hybridized carbons (Fsp3) is 0.294. The van der Waals surface area contributed by atoms with Crippen LogP contribution in [0.2, 0.25) is 0 Å². The minimum Gasteiger partial charge on any atom is -0.365 e. The van der Waals surface area contributed by atoms with E-state index in [0.29, 0.717) is 6.54 Å². The lowest BCUT2D eigenvalue weighted by Crippen LogP contribution is -2.30. The molecule has 0 amide bonds. The van der Waals surface area contributed by atoms with Gasteiger partial charge in [-0.15, -0.1) is 11.3 Å². The first-order chi connectivity index (χ1) is 11.1. The Bertz CT molecular complexity index is 947. The summed E-state index contributed by atoms with van der Waals surface area (Å²) in [5, 5.41) is 1.94. The summed E-state index contributed by atoms with van der Waals surface area (Å²) in [5.41, 5.74) is 3.70. The number of anilines is 1. The van der Waals surface area contributed by atoms with Crippen LogP contribution in [0.15, 0.2) is 34.4 Å². The summed E-state index contributed by atoms with van der Waals surface area (Å²) in [6.07, 6.45) is 1.87. The van der Waals surface area contributed by atoms with Crippen LogP contribution >= 0.6 is 11.3 Å². The van der Waals surface area contributed by atoms with Gasteiger partial charge in [0.1, 0.15) is 5.82 Å². The lowest BCUT2D eigenvalue weighted by atomic mass is 10.0. The molecule has 0 radical (unpaired) electrons. The van der Waals surface area contributed by atoms with Crippen molar-refractivity contribution in [1.29, 1.82) is 0 Å². The zero-order valence-corrected chi connectivity index (χ0v) is 13.6. The van der Waals surface area contributed by atoms with E-state index in [1.54, 1.807) is 16.5 Å². The smallest absolute Gasteiger partial charge is 0.259 e. The molecule has 0 bridgehead atoms. The first-order valence-electron chi connectivity index (χ1n) is 7.62. The molecular formula is C17H16FN3OS. The molecule has 0 saturated heterocycles. The minimum absolute atomic E-state index is 0.0416. The Morgan fingerprint density at radius 3 is 3.09 bits per heavy atom. The van der Waals surface area contributed by atoms with Crippen molar-refractivity contribution in [3.63, 3.8) is 0 Å². The van der Waals surface area contributed by atoms with Gasteiger partial charge in [0, 0.05) is 29.4 Å². The predicted octanol–water partition coefficient (Wildman–Crippen LogP) is 3.16. The number of thiazole rings is 1. The molecule has 4 nitrogen and oxygen atoms in total. The van der Waals surface area contributed by atoms with Crippen molar-refractivity contribution in [3.05, 3.63) is 62.8 Å². The Kier molecular flexibility index (Phi) is 3.41. The summed E-state index contributed by atoms with van der Waals surface area (Å²) in [6.45, 7) is 3.37. The van der Waals surface area contributed by atoms with Crippen LogP contribution in [-0.4, -0.2) is 15.9 Å². The largest absolute Gasteiger partial charge is 0.365 e. The van der Waals surface area contributed by atoms with Crippen molar-refractivity contribution in [3.8, 4) is 0 Å². The SMILES string of the molecule is Cc1csc2nc(CN3CCCc4cc(F)ccc43)cc(=O)n12. The Labute approximate surface area is 136 Å². The molecular weight excluding hydrogens is 313 g/mol. The van der Waals surface area contributed by atoms with Gasteiger partial charge in [0.05, 0.1) is 12.2 Å². The van der Waals surface area contributed by atoms with Gasteiger partial charge in [-0.25, -0.2) is 9.37 Å². The maximum absolute atomic E-state index is 13.4. The average molecular weight is 329 g/mol. The number of fused-ring (bicyclic) bond motifs is 2. The monoisotopic (exact) mass is 329 g/mol. The highest BCUT2D eigenvalue weighted by molar-refractivity contribution is 7.15. The Hall–Kier alpha value is -2.21. The van der Waals surface area contributed by atoms with Crippen LogP contribution in [0.3, 0.4) is 0 Å². The molecule has 4 rings (SSSR count). The number of benzene rings is 1. The number of nitrogens with zero attached hydrogens (tertiary/aromatic N) is 3. The fourth-order valence-electron chi connectivity index (χ4n) is 3.19. The van der Waals surface area contributed by atoms with Gasteiger partial charge in [0.2, 0.25) is 0 Å². The van der Waals surface area contributed by atoms with Gasteiger partial charge in [0.25, 0.3) is 5.56 Å². The second-order valence-corrected chi connectivity index (χ2v) is 6.72. The molecule has 2 aromatic heterocycles. The second kappa shape index (κ2) is 5.45. The summed E-state index contributed by atoms with van der Waals surface area (Å²) < 4.78 is 15.0. The van der Waals surface area contributed by atoms with E-state index in [0.717, 1.165) is 47.0 Å². The lowest BCUT2D eigenvalue weighted by Gasteiger charge is -2.31. The van der Waals surface area contributed by atoms with Crippen LogP contribution in [0.5, 0.6) is 0 Å². The molecule has 23 heavy (non-hydrogen) atoms. The van der Waals surface area contributed by atoms with E-state index in [9.17, 15) is 9.18 Å². The normalized spacial score (nSPS) is 14.3. The molecule has 0 atom stereocenters. The van der Waals surface area contributed by atoms with Gasteiger partial charge in [-0.3, -0.25) is 9.20 Å². The van der Waals surface area contributed by atoms with Crippen LogP contribution in [0.1, 0.15) is 23.4 Å². The molecule has 0 aliphatic carbocycles. The van der Waals surface area contributed by atoms with Crippen LogP contribution < -0.4 is 10.5 Å². The Morgan fingerprint density at radius 1 is 1.35 bits per heavy atom. The highest BCUT2D eigenvalue weighted by Gasteiger charge is 2.18. The molecule has 0 N–H and O–H groups in total. The van der Waals surface area contributed by atoms with E-state index in [-0.39, 0.29) is 11.4 Å². The standard InChI is InChI=1S/C17H16FN3OS/c1-11-10-23-17-19-14(8-16(22)21(11)17)9-20-6-2-3-12-7-13(18)4-5-15(12)20/h4-5,7-8,10H,2-3,6,9H2,1H3. The van der Waals surface area contributed by atoms with Gasteiger partial charge >= 0.3 is 0 Å². The second-order valence-electron chi connectivity index (χ2n) is 5.88. The average Bonchev–Trinajstić information content (AvgIpc) is 2.89. The van der Waals surface area contributed by atoms with E-state index >= 15 is 0 Å². The van der Waals surface area contributed by atoms with Gasteiger partial charge < -0.3 is 4.90 Å². The van der Waals surface area contributed by atoms with Gasteiger partial charge in [-0.1, -0.05) is 0 Å². The Balaban J connectivity index is 1.71. The van der Waals surface area contributed by atoms with Crippen LogP contribution in [0.4, 0.5) is 10.1 Å². The third kappa shape index (κ3) is 2.53. The van der Waals surface area contributed by atoms with Crippen molar-refractivity contribution < 1.29 is 4.39 Å². The fourth-order valence-corrected chi connectivity index (χ4v) is 4.08. The van der Waals surface area contributed by atoms with E-state index in [1.165, 1.54) is 17.4 Å². The number of hydrogen-bond acceptors (Lipinski definition) is 4. The van der Waals surface area contributed by atoms with Crippen LogP contribution in [-0.2, 0) is 13.0 Å². The van der Waals surface area contributed by atoms with Crippen LogP contribution in [0, 0.1) is 12.7 Å². The summed E-state index contributed by atoms with van der Waals surface area (Å²) in [4.78, 5) is 19.8. The van der Waals surface area contributed by atoms with Crippen molar-refractivity contribution >= 4 is 22.0 Å². The number of hydrogen-bond donors (Lipinski definition) is 0. The number of rotatable bonds is 2. The van der Waals surface area contributed by atoms with Crippen LogP contribution in [0.25, 0.3) is 4.96 Å². The molecule has 3 heterocycles. The van der Waals surface area contributed by atoms with Crippen molar-refractivity contribution in [2.45, 2.75) is 26.3 Å². The summed E-state index contributed by atoms with van der Waals surface area (Å²) in [7, 11) is 0. The molecule has 0 fully saturated rings. The summed E-state index contributed by atoms with van der Waals surface area (Å²) >= 11 is 1.48. The summed E-state index contributed by atoms with van der Waals surface area (Å²) in [6, 6.07) is 6.52. The van der Waals surface area contributed by atoms with Crippen molar-refractivity contribution in [2.24, 2.45) is 0 Å². The number of aryl methyl sites for hydroxylation is 2. The summed E-state index contributed by atoms with van der Waals surface area (Å²) in [5.74, 6) is -0.197. The van der Waals surface area contributed by atoms with Crippen molar-refractivity contribution in [1.82, 2.24) is 9.38 Å². The Morgan fingerprint density at radius 2 is 2.22 bits per heavy atom. The van der Waals surface area contributed by atoms with E-state index in [2.05, 4.69) is 9.88 Å². The van der Waals surface area contributed by atoms with E-state index < -0.39 is 0 Å². The maximum Gasteiger partial charge on any atom is 0.259 e. The van der Waals surface area contributed by atoms with Crippen molar-refractivity contribution in [2.75, 3.05) is 11.4 Å². The molecule has 118 valence electrons. The maximum atomic E-state index is 13.4. The highest BCUT2D eigenvalue weighted by atomic mass is 32.1. The minimum atomic E-state index is -0.197. The predicted molar refractivity (Wildman–Crippen MR) is 89.8 cm³/mol. The lowest BCUT2D eigenvalue weighted by molar-refractivity contribution is 0.617. The molecule has 1 aromatic carbocycles. The first-order valence-corrected chi connectivity index (χ1v) is 8.50. The zero-order valence-electron chi connectivity index (χ0n) is 12.8. The molecule has 1 aliphatic heterocycles. The van der Waals surface area contributed by atoms with E-state index in [1.807, 2.05) is 18.4 Å². The molecule has 0 spiro atoms. The molecule has 1 aliphatic rings. The van der Waals surface area contributed by atoms with E-state index in [4.69, 9.17) is 0 Å².